The molecule has 0 saturated carbocycles. The first-order valence-electron chi connectivity index (χ1n) is 36.8. The number of hydrogen-bond donors (Lipinski definition) is 4. The first-order valence-corrected chi connectivity index (χ1v) is 39.8. The zero-order valence-electron chi connectivity index (χ0n) is 59.9. The first-order chi connectivity index (χ1) is 47.2. The number of hydrogen-bond acceptors (Lipinski definition) is 14. The number of aliphatic hydroxyl groups is 2. The minimum Gasteiger partial charge on any atom is -0.463 e. The van der Waals surface area contributed by atoms with Crippen LogP contribution in [0.5, 0.6) is 0 Å². The fraction of sp³-hybridized carbons (Fsp3) is 0.633. The van der Waals surface area contributed by atoms with Gasteiger partial charge in [0.1, 0.15) is 25.4 Å². The Balaban J connectivity index is 4.62. The standard InChI is InChI=1S/C79H130O16P2/c1-4-7-10-13-16-19-22-25-28-31-32-33-34-35-36-37-38-39-40-43-45-47-50-53-56-59-62-65-77(82)89-68-74(80)69-91-96(85,86)92-70-75(81)71-93-97(87,88)94-73-76(95-79(84)67-64-61-58-55-52-49-46-42-30-27-24-21-18-15-12-9-6-3)72-90-78(83)66-63-60-57-54-51-48-44-41-29-26-23-20-17-14-11-8-5-2/h7-12,16-21,25-30,32-33,35-36,44,48,54,57,74-76,80-81H,4-6,13-15,22-24,31,34,37-43,45-47,49-53,55-56,58-73H2,1-3H3,(H,85,86)(H,87,88)/b10-7-,11-8-,12-9-,19-16-,20-17-,21-18-,28-25-,29-26-,30-27-,33-32-,36-35-,48-44-,57-54-. The molecule has 0 bridgehead atoms. The molecule has 5 atom stereocenters. The molecule has 18 heteroatoms. The summed E-state index contributed by atoms with van der Waals surface area (Å²) in [6.45, 7) is 2.24. The van der Waals surface area contributed by atoms with Crippen molar-refractivity contribution in [1.82, 2.24) is 0 Å². The number of ether oxygens (including phenoxy) is 3. The first kappa shape index (κ1) is 92.2. The summed E-state index contributed by atoms with van der Waals surface area (Å²) in [6, 6.07) is 0. The molecule has 0 rings (SSSR count). The zero-order chi connectivity index (χ0) is 70.9. The number of unbranched alkanes of at least 4 members (excludes halogenated alkanes) is 19. The maximum atomic E-state index is 12.9. The fourth-order valence-corrected chi connectivity index (χ4v) is 10.8. The van der Waals surface area contributed by atoms with Gasteiger partial charge in [0.2, 0.25) is 0 Å². The molecule has 0 aliphatic heterocycles. The molecule has 0 aromatic heterocycles. The largest absolute Gasteiger partial charge is 0.472 e. The zero-order valence-corrected chi connectivity index (χ0v) is 61.7. The van der Waals surface area contributed by atoms with E-state index in [1.54, 1.807) is 0 Å². The third-order valence-electron chi connectivity index (χ3n) is 14.7. The molecule has 0 radical (unpaired) electrons. The summed E-state index contributed by atoms with van der Waals surface area (Å²) in [4.78, 5) is 58.5. The Kier molecular flexibility index (Phi) is 67.5. The molecule has 16 nitrogen and oxygen atoms in total. The van der Waals surface area contributed by atoms with Gasteiger partial charge < -0.3 is 34.2 Å². The van der Waals surface area contributed by atoms with Crippen LogP contribution in [0.3, 0.4) is 0 Å². The van der Waals surface area contributed by atoms with Gasteiger partial charge in [-0.2, -0.15) is 0 Å². The minimum absolute atomic E-state index is 0.0760. The van der Waals surface area contributed by atoms with Crippen LogP contribution in [0.25, 0.3) is 0 Å². The maximum Gasteiger partial charge on any atom is 0.472 e. The Morgan fingerprint density at radius 1 is 0.289 bits per heavy atom. The average Bonchev–Trinajstić information content (AvgIpc) is 1.49. The molecule has 5 unspecified atom stereocenters. The van der Waals surface area contributed by atoms with Crippen molar-refractivity contribution in [3.63, 3.8) is 0 Å². The van der Waals surface area contributed by atoms with E-state index in [1.165, 1.54) is 38.5 Å². The highest BCUT2D eigenvalue weighted by molar-refractivity contribution is 7.47. The van der Waals surface area contributed by atoms with Crippen LogP contribution in [0.1, 0.15) is 265 Å². The lowest BCUT2D eigenvalue weighted by Crippen LogP contribution is -2.30. The molecule has 0 aliphatic carbocycles. The van der Waals surface area contributed by atoms with Gasteiger partial charge in [0, 0.05) is 19.3 Å². The molecular formula is C79H130O16P2. The van der Waals surface area contributed by atoms with E-state index in [4.69, 9.17) is 32.3 Å². The summed E-state index contributed by atoms with van der Waals surface area (Å²) in [5, 5.41) is 20.6. The monoisotopic (exact) mass is 1400 g/mol. The van der Waals surface area contributed by atoms with Crippen molar-refractivity contribution in [3.05, 3.63) is 158 Å². The van der Waals surface area contributed by atoms with E-state index in [0.717, 1.165) is 161 Å². The van der Waals surface area contributed by atoms with Gasteiger partial charge in [-0.15, -0.1) is 0 Å². The van der Waals surface area contributed by atoms with Gasteiger partial charge in [-0.1, -0.05) is 269 Å². The Hall–Kier alpha value is -4.83. The molecule has 0 amide bonds. The Bertz CT molecular complexity index is 2400. The van der Waals surface area contributed by atoms with Gasteiger partial charge in [-0.3, -0.25) is 32.5 Å². The molecular weight excluding hydrogens is 1270 g/mol. The maximum absolute atomic E-state index is 12.9. The second kappa shape index (κ2) is 71.0. The molecule has 0 aromatic carbocycles. The van der Waals surface area contributed by atoms with E-state index >= 15 is 0 Å². The summed E-state index contributed by atoms with van der Waals surface area (Å²) in [6.07, 6.45) is 87.3. The summed E-state index contributed by atoms with van der Waals surface area (Å²) in [7, 11) is -9.81. The van der Waals surface area contributed by atoms with Crippen LogP contribution < -0.4 is 0 Å². The van der Waals surface area contributed by atoms with Crippen molar-refractivity contribution in [3.8, 4) is 0 Å². The van der Waals surface area contributed by atoms with Crippen LogP contribution >= 0.6 is 15.6 Å². The van der Waals surface area contributed by atoms with Crippen molar-refractivity contribution in [2.75, 3.05) is 39.6 Å². The topological polar surface area (TPSA) is 231 Å². The lowest BCUT2D eigenvalue weighted by molar-refractivity contribution is -0.161. The molecule has 0 heterocycles. The number of allylic oxidation sites excluding steroid dienone is 26. The smallest absolute Gasteiger partial charge is 0.463 e. The van der Waals surface area contributed by atoms with E-state index in [1.807, 2.05) is 12.2 Å². The number of carbonyl (C=O) groups is 3. The Morgan fingerprint density at radius 3 is 0.856 bits per heavy atom. The van der Waals surface area contributed by atoms with Crippen LogP contribution in [0.15, 0.2) is 158 Å². The lowest BCUT2D eigenvalue weighted by Gasteiger charge is -2.21. The van der Waals surface area contributed by atoms with E-state index < -0.39 is 91.5 Å². The molecule has 0 aliphatic rings. The molecule has 0 saturated heterocycles. The van der Waals surface area contributed by atoms with Crippen molar-refractivity contribution in [1.29, 1.82) is 0 Å². The molecule has 0 spiro atoms. The van der Waals surface area contributed by atoms with Gasteiger partial charge in [0.15, 0.2) is 6.10 Å². The predicted molar refractivity (Wildman–Crippen MR) is 399 cm³/mol. The predicted octanol–water partition coefficient (Wildman–Crippen LogP) is 21.1. The number of aliphatic hydroxyl groups excluding tert-OH is 2. The Labute approximate surface area is 587 Å². The van der Waals surface area contributed by atoms with Crippen molar-refractivity contribution in [2.45, 2.75) is 283 Å². The van der Waals surface area contributed by atoms with Gasteiger partial charge in [0.25, 0.3) is 0 Å². The van der Waals surface area contributed by atoms with Gasteiger partial charge in [0.05, 0.1) is 26.4 Å². The van der Waals surface area contributed by atoms with Gasteiger partial charge >= 0.3 is 33.6 Å². The average molecular weight is 1400 g/mol. The van der Waals surface area contributed by atoms with Crippen LogP contribution in [0, 0.1) is 0 Å². The van der Waals surface area contributed by atoms with Gasteiger partial charge in [-0.25, -0.2) is 9.13 Å². The second-order valence-electron chi connectivity index (χ2n) is 23.9. The third-order valence-corrected chi connectivity index (χ3v) is 16.6. The Morgan fingerprint density at radius 2 is 0.526 bits per heavy atom. The van der Waals surface area contributed by atoms with Crippen LogP contribution in [0.4, 0.5) is 0 Å². The summed E-state index contributed by atoms with van der Waals surface area (Å²) >= 11 is 0. The van der Waals surface area contributed by atoms with E-state index in [-0.39, 0.29) is 19.3 Å². The highest BCUT2D eigenvalue weighted by Crippen LogP contribution is 2.45. The minimum atomic E-state index is -4.95. The summed E-state index contributed by atoms with van der Waals surface area (Å²) in [5.74, 6) is -1.67. The number of phosphoric acid groups is 2. The van der Waals surface area contributed by atoms with Gasteiger partial charge in [-0.05, 0) is 135 Å². The SMILES string of the molecule is CC/C=C\C/C=C\C/C=C\C/C=C\C/C=C\CCCCCCCCCCCCCC(=O)OCC(O)COP(=O)(O)OCC(O)COP(=O)(O)OCC(COC(=O)CCC/C=C\C/C=C\C/C=C\C/C=C\C/C=C\CC)OC(=O)CCCCCCCCC/C=C\C/C=C\C/C=C\CC. The molecule has 97 heavy (non-hydrogen) atoms. The number of phosphoric ester groups is 2. The normalized spacial score (nSPS) is 15.0. The highest BCUT2D eigenvalue weighted by Gasteiger charge is 2.29. The number of esters is 3. The fourth-order valence-electron chi connectivity index (χ4n) is 9.24. The van der Waals surface area contributed by atoms with E-state index in [2.05, 4.69) is 167 Å². The third kappa shape index (κ3) is 72.2. The van der Waals surface area contributed by atoms with E-state index in [9.17, 15) is 43.5 Å². The number of rotatable bonds is 68. The van der Waals surface area contributed by atoms with Crippen molar-refractivity contribution < 1.29 is 75.8 Å². The molecule has 4 N–H and O–H groups in total. The van der Waals surface area contributed by atoms with Crippen molar-refractivity contribution >= 4 is 33.6 Å². The van der Waals surface area contributed by atoms with E-state index in [0.29, 0.717) is 25.7 Å². The lowest BCUT2D eigenvalue weighted by atomic mass is 10.0. The quantitative estimate of drug-likeness (QED) is 0.0146. The van der Waals surface area contributed by atoms with Crippen molar-refractivity contribution in [2.24, 2.45) is 0 Å². The second-order valence-corrected chi connectivity index (χ2v) is 26.9. The molecule has 552 valence electrons. The molecule has 0 aromatic rings. The highest BCUT2D eigenvalue weighted by atomic mass is 31.2. The van der Waals surface area contributed by atoms with Crippen LogP contribution in [-0.2, 0) is 55.8 Å². The van der Waals surface area contributed by atoms with Crippen LogP contribution in [-0.4, -0.2) is 95.9 Å². The summed E-state index contributed by atoms with van der Waals surface area (Å²) < 4.78 is 61.0. The summed E-state index contributed by atoms with van der Waals surface area (Å²) in [5.41, 5.74) is 0. The molecule has 0 fully saturated rings. The van der Waals surface area contributed by atoms with Crippen LogP contribution in [0.2, 0.25) is 0 Å². The number of carbonyl (C=O) groups excluding carboxylic acids is 3.